The summed E-state index contributed by atoms with van der Waals surface area (Å²) in [5, 5.41) is 4.27. The number of nitrogens with one attached hydrogen (secondary N) is 1. The van der Waals surface area contributed by atoms with Crippen molar-refractivity contribution >= 4 is 45.4 Å². The van der Waals surface area contributed by atoms with Gasteiger partial charge in [-0.1, -0.05) is 22.9 Å². The smallest absolute Gasteiger partial charge is 0.206 e. The molecule has 26 heavy (non-hydrogen) atoms. The molecule has 0 atom stereocenters. The Morgan fingerprint density at radius 3 is 2.46 bits per heavy atom. The number of benzene rings is 2. The van der Waals surface area contributed by atoms with E-state index in [1.807, 2.05) is 12.1 Å². The van der Waals surface area contributed by atoms with E-state index in [0.29, 0.717) is 32.1 Å². The van der Waals surface area contributed by atoms with E-state index < -0.39 is 0 Å². The van der Waals surface area contributed by atoms with Gasteiger partial charge in [0.05, 0.1) is 14.2 Å². The van der Waals surface area contributed by atoms with Crippen molar-refractivity contribution < 1.29 is 14.3 Å². The van der Waals surface area contributed by atoms with Crippen LogP contribution in [-0.4, -0.2) is 25.0 Å². The number of nitrogens with two attached hydrogens (primary N) is 1. The first-order valence-corrected chi connectivity index (χ1v) is 8.77. The van der Waals surface area contributed by atoms with E-state index in [9.17, 15) is 4.79 Å². The van der Waals surface area contributed by atoms with Crippen LogP contribution in [0.5, 0.6) is 11.5 Å². The van der Waals surface area contributed by atoms with Crippen LogP contribution in [0.4, 0.5) is 16.6 Å². The first kappa shape index (κ1) is 18.0. The number of ether oxygens (including phenoxy) is 2. The fourth-order valence-corrected chi connectivity index (χ4v) is 3.31. The SMILES string of the molecule is COc1ccc(C(=O)c2sc(Nc3ccc(Cl)cc3)nc2N)cc1OC. The molecule has 0 radical (unpaired) electrons. The first-order chi connectivity index (χ1) is 12.5. The Kier molecular flexibility index (Phi) is 5.29. The molecular weight excluding hydrogens is 374 g/mol. The van der Waals surface area contributed by atoms with Gasteiger partial charge >= 0.3 is 0 Å². The fraction of sp³-hybridized carbons (Fsp3) is 0.111. The average Bonchev–Trinajstić information content (AvgIpc) is 3.02. The summed E-state index contributed by atoms with van der Waals surface area (Å²) in [6.07, 6.45) is 0. The van der Waals surface area contributed by atoms with Gasteiger partial charge in [-0.25, -0.2) is 4.98 Å². The number of ketones is 1. The van der Waals surface area contributed by atoms with Crippen LogP contribution in [0.2, 0.25) is 5.02 Å². The summed E-state index contributed by atoms with van der Waals surface area (Å²) >= 11 is 7.06. The Morgan fingerprint density at radius 2 is 1.81 bits per heavy atom. The molecule has 1 aromatic heterocycles. The average molecular weight is 390 g/mol. The lowest BCUT2D eigenvalue weighted by Gasteiger charge is -2.08. The lowest BCUT2D eigenvalue weighted by molar-refractivity contribution is 0.104. The molecule has 0 aliphatic rings. The number of anilines is 3. The quantitative estimate of drug-likeness (QED) is 0.609. The van der Waals surface area contributed by atoms with Crippen LogP contribution in [-0.2, 0) is 0 Å². The normalized spacial score (nSPS) is 10.4. The largest absolute Gasteiger partial charge is 0.493 e. The minimum absolute atomic E-state index is 0.172. The summed E-state index contributed by atoms with van der Waals surface area (Å²) in [5.41, 5.74) is 7.19. The van der Waals surface area contributed by atoms with Crippen molar-refractivity contribution in [1.29, 1.82) is 0 Å². The topological polar surface area (TPSA) is 86.5 Å². The molecule has 0 unspecified atom stereocenters. The predicted molar refractivity (Wildman–Crippen MR) is 104 cm³/mol. The van der Waals surface area contributed by atoms with Crippen molar-refractivity contribution in [2.45, 2.75) is 0 Å². The van der Waals surface area contributed by atoms with E-state index in [-0.39, 0.29) is 11.6 Å². The Labute approximate surface area is 159 Å². The van der Waals surface area contributed by atoms with Gasteiger partial charge in [-0.2, -0.15) is 0 Å². The van der Waals surface area contributed by atoms with E-state index in [1.54, 1.807) is 30.3 Å². The minimum Gasteiger partial charge on any atom is -0.493 e. The van der Waals surface area contributed by atoms with Crippen LogP contribution in [0.15, 0.2) is 42.5 Å². The maximum atomic E-state index is 12.8. The molecule has 3 N–H and O–H groups in total. The van der Waals surface area contributed by atoms with Gasteiger partial charge in [-0.15, -0.1) is 0 Å². The van der Waals surface area contributed by atoms with Gasteiger partial charge in [0.15, 0.2) is 16.6 Å². The molecule has 0 amide bonds. The second-order valence-electron chi connectivity index (χ2n) is 5.26. The van der Waals surface area contributed by atoms with Gasteiger partial charge < -0.3 is 20.5 Å². The van der Waals surface area contributed by atoms with Crippen molar-refractivity contribution in [3.63, 3.8) is 0 Å². The molecule has 0 fully saturated rings. The molecule has 2 aromatic carbocycles. The van der Waals surface area contributed by atoms with Crippen molar-refractivity contribution in [1.82, 2.24) is 4.98 Å². The third kappa shape index (κ3) is 3.74. The van der Waals surface area contributed by atoms with Crippen LogP contribution in [0.1, 0.15) is 15.2 Å². The van der Waals surface area contributed by atoms with Crippen LogP contribution in [0, 0.1) is 0 Å². The number of thiazole rings is 1. The van der Waals surface area contributed by atoms with Gasteiger partial charge in [0.25, 0.3) is 0 Å². The number of halogens is 1. The van der Waals surface area contributed by atoms with Gasteiger partial charge in [-0.05, 0) is 42.5 Å². The summed E-state index contributed by atoms with van der Waals surface area (Å²) < 4.78 is 10.4. The van der Waals surface area contributed by atoms with Crippen molar-refractivity contribution in [2.24, 2.45) is 0 Å². The molecule has 0 aliphatic carbocycles. The number of hydrogen-bond acceptors (Lipinski definition) is 7. The number of nitrogen functional groups attached to an aromatic ring is 1. The van der Waals surface area contributed by atoms with Gasteiger partial charge in [0, 0.05) is 16.3 Å². The summed E-state index contributed by atoms with van der Waals surface area (Å²) in [4.78, 5) is 17.4. The van der Waals surface area contributed by atoms with Crippen LogP contribution < -0.4 is 20.5 Å². The third-order valence-corrected chi connectivity index (χ3v) is 4.84. The van der Waals surface area contributed by atoms with Crippen molar-refractivity contribution in [3.05, 3.63) is 57.9 Å². The molecule has 134 valence electrons. The summed E-state index contributed by atoms with van der Waals surface area (Å²) in [6, 6.07) is 12.1. The number of rotatable bonds is 6. The monoisotopic (exact) mass is 389 g/mol. The molecule has 0 spiro atoms. The number of hydrogen-bond donors (Lipinski definition) is 2. The standard InChI is InChI=1S/C18H16ClN3O3S/c1-24-13-8-3-10(9-14(13)25-2)15(23)16-17(20)22-18(26-16)21-12-6-4-11(19)5-7-12/h3-9H,20H2,1-2H3,(H,21,22). The zero-order valence-corrected chi connectivity index (χ0v) is 15.6. The second kappa shape index (κ2) is 7.63. The summed E-state index contributed by atoms with van der Waals surface area (Å²) in [5.74, 6) is 0.962. The lowest BCUT2D eigenvalue weighted by Crippen LogP contribution is -2.03. The Hall–Kier alpha value is -2.77. The molecule has 0 saturated carbocycles. The molecule has 1 heterocycles. The molecule has 0 aliphatic heterocycles. The van der Waals surface area contributed by atoms with E-state index in [4.69, 9.17) is 26.8 Å². The molecule has 3 aromatic rings. The van der Waals surface area contributed by atoms with Crippen molar-refractivity contribution in [2.75, 3.05) is 25.3 Å². The maximum absolute atomic E-state index is 12.8. The number of nitrogens with zero attached hydrogens (tertiary/aromatic N) is 1. The third-order valence-electron chi connectivity index (χ3n) is 3.60. The highest BCUT2D eigenvalue weighted by atomic mass is 35.5. The maximum Gasteiger partial charge on any atom is 0.206 e. The zero-order valence-electron chi connectivity index (χ0n) is 14.1. The highest BCUT2D eigenvalue weighted by Gasteiger charge is 2.19. The van der Waals surface area contributed by atoms with Gasteiger partial charge in [0.1, 0.15) is 10.7 Å². The van der Waals surface area contributed by atoms with E-state index in [2.05, 4.69) is 10.3 Å². The molecular formula is C18H16ClN3O3S. The summed E-state index contributed by atoms with van der Waals surface area (Å²) in [6.45, 7) is 0. The van der Waals surface area contributed by atoms with Crippen molar-refractivity contribution in [3.8, 4) is 11.5 Å². The van der Waals surface area contributed by atoms with Gasteiger partial charge in [0.2, 0.25) is 5.78 Å². The van der Waals surface area contributed by atoms with Crippen LogP contribution in [0.3, 0.4) is 0 Å². The lowest BCUT2D eigenvalue weighted by atomic mass is 10.1. The van der Waals surface area contributed by atoms with Crippen LogP contribution in [0.25, 0.3) is 0 Å². The van der Waals surface area contributed by atoms with Crippen LogP contribution >= 0.6 is 22.9 Å². The first-order valence-electron chi connectivity index (χ1n) is 7.57. The molecule has 6 nitrogen and oxygen atoms in total. The molecule has 8 heteroatoms. The summed E-state index contributed by atoms with van der Waals surface area (Å²) in [7, 11) is 3.05. The fourth-order valence-electron chi connectivity index (χ4n) is 2.31. The number of carbonyl (C=O) groups excluding carboxylic acids is 1. The Morgan fingerprint density at radius 1 is 1.12 bits per heavy atom. The Bertz CT molecular complexity index is 941. The van der Waals surface area contributed by atoms with E-state index in [0.717, 1.165) is 5.69 Å². The second-order valence-corrected chi connectivity index (χ2v) is 6.70. The Balaban J connectivity index is 1.86. The predicted octanol–water partition coefficient (Wildman–Crippen LogP) is 4.37. The molecule has 3 rings (SSSR count). The van der Waals surface area contributed by atoms with E-state index >= 15 is 0 Å². The molecule has 0 bridgehead atoms. The number of carbonyl (C=O) groups is 1. The van der Waals surface area contributed by atoms with E-state index in [1.165, 1.54) is 25.6 Å². The highest BCUT2D eigenvalue weighted by Crippen LogP contribution is 2.33. The molecule has 0 saturated heterocycles. The highest BCUT2D eigenvalue weighted by molar-refractivity contribution is 7.18. The zero-order chi connectivity index (χ0) is 18.7. The van der Waals surface area contributed by atoms with Gasteiger partial charge in [-0.3, -0.25) is 4.79 Å². The number of methoxy groups -OCH3 is 2. The number of aromatic nitrogens is 1. The minimum atomic E-state index is -0.231.